The maximum Gasteiger partial charge on any atom is 0.211 e. The lowest BCUT2D eigenvalue weighted by Gasteiger charge is -2.18. The largest absolute Gasteiger partial charge is 0.486 e. The lowest BCUT2D eigenvalue weighted by Crippen LogP contribution is -2.16. The van der Waals surface area contributed by atoms with Crippen LogP contribution >= 0.6 is 0 Å². The van der Waals surface area contributed by atoms with Gasteiger partial charge in [0.1, 0.15) is 24.7 Å². The molecular weight excluding hydrogens is 244 g/mol. The van der Waals surface area contributed by atoms with Gasteiger partial charge in [0.25, 0.3) is 0 Å². The molecule has 0 unspecified atom stereocenters. The van der Waals surface area contributed by atoms with Crippen LogP contribution in [-0.4, -0.2) is 29.0 Å². The fourth-order valence-electron chi connectivity index (χ4n) is 1.92. The molecule has 19 heavy (non-hydrogen) atoms. The van der Waals surface area contributed by atoms with Gasteiger partial charge in [-0.25, -0.2) is 9.97 Å². The Balaban J connectivity index is 1.96. The van der Waals surface area contributed by atoms with Crippen LogP contribution < -0.4 is 9.47 Å². The monoisotopic (exact) mass is 256 g/mol. The zero-order chi connectivity index (χ0) is 13.2. The first-order valence-corrected chi connectivity index (χ1v) is 5.98. The number of fused-ring (bicyclic) bond motifs is 1. The molecule has 0 spiro atoms. The molecule has 0 aliphatic carbocycles. The number of carbonyl (C=O) groups is 1. The van der Waals surface area contributed by atoms with Crippen molar-refractivity contribution in [3.63, 3.8) is 0 Å². The molecule has 0 bridgehead atoms. The van der Waals surface area contributed by atoms with Gasteiger partial charge in [-0.1, -0.05) is 0 Å². The van der Waals surface area contributed by atoms with Crippen LogP contribution in [-0.2, 0) is 0 Å². The molecule has 1 aliphatic rings. The summed E-state index contributed by atoms with van der Waals surface area (Å²) in [4.78, 5) is 20.4. The van der Waals surface area contributed by atoms with Crippen molar-refractivity contribution in [3.8, 4) is 11.5 Å². The molecule has 0 N–H and O–H groups in total. The van der Waals surface area contributed by atoms with E-state index in [1.165, 1.54) is 0 Å². The molecular formula is C14H12N2O3. The highest BCUT2D eigenvalue weighted by atomic mass is 16.6. The Morgan fingerprint density at radius 1 is 1.16 bits per heavy atom. The molecule has 1 aromatic heterocycles. The Hall–Kier alpha value is -2.43. The molecule has 2 aromatic rings. The predicted octanol–water partition coefficient (Wildman–Crippen LogP) is 1.79. The quantitative estimate of drug-likeness (QED) is 0.766. The molecule has 0 atom stereocenters. The Morgan fingerprint density at radius 2 is 1.95 bits per heavy atom. The second kappa shape index (κ2) is 4.68. The van der Waals surface area contributed by atoms with E-state index in [4.69, 9.17) is 9.47 Å². The Morgan fingerprint density at radius 3 is 2.74 bits per heavy atom. The van der Waals surface area contributed by atoms with Crippen molar-refractivity contribution in [2.45, 2.75) is 6.92 Å². The second-order valence-corrected chi connectivity index (χ2v) is 4.18. The van der Waals surface area contributed by atoms with E-state index in [0.717, 1.165) is 0 Å². The number of aromatic nitrogens is 2. The van der Waals surface area contributed by atoms with E-state index < -0.39 is 0 Å². The number of rotatable bonds is 2. The van der Waals surface area contributed by atoms with E-state index in [9.17, 15) is 4.79 Å². The van der Waals surface area contributed by atoms with Crippen LogP contribution in [0.1, 0.15) is 21.9 Å². The maximum absolute atomic E-state index is 12.3. The topological polar surface area (TPSA) is 61.3 Å². The SMILES string of the molecule is Cc1nccc(C(=O)c2ccc3c(c2)OCCO3)n1. The standard InChI is InChI=1S/C14H12N2O3/c1-9-15-5-4-11(16-9)14(17)10-2-3-12-13(8-10)19-7-6-18-12/h2-5,8H,6-7H2,1H3. The van der Waals surface area contributed by atoms with Gasteiger partial charge in [0.2, 0.25) is 5.78 Å². The van der Waals surface area contributed by atoms with Gasteiger partial charge in [-0.2, -0.15) is 0 Å². The molecule has 1 aliphatic heterocycles. The number of ether oxygens (including phenoxy) is 2. The first-order chi connectivity index (χ1) is 9.24. The molecule has 0 fully saturated rings. The number of ketones is 1. The zero-order valence-electron chi connectivity index (χ0n) is 10.4. The van der Waals surface area contributed by atoms with Crippen molar-refractivity contribution in [2.24, 2.45) is 0 Å². The molecule has 0 saturated carbocycles. The lowest BCUT2D eigenvalue weighted by atomic mass is 10.1. The van der Waals surface area contributed by atoms with Crippen LogP contribution in [0.25, 0.3) is 0 Å². The Bertz CT molecular complexity index is 640. The van der Waals surface area contributed by atoms with Crippen LogP contribution in [0, 0.1) is 6.92 Å². The van der Waals surface area contributed by atoms with Gasteiger partial charge in [-0.3, -0.25) is 4.79 Å². The van der Waals surface area contributed by atoms with E-state index in [1.54, 1.807) is 37.4 Å². The molecule has 1 aromatic carbocycles. The third-order valence-electron chi connectivity index (χ3n) is 2.81. The van der Waals surface area contributed by atoms with E-state index in [-0.39, 0.29) is 5.78 Å². The van der Waals surface area contributed by atoms with Crippen molar-refractivity contribution >= 4 is 5.78 Å². The van der Waals surface area contributed by atoms with Crippen LogP contribution in [0.3, 0.4) is 0 Å². The van der Waals surface area contributed by atoms with E-state index >= 15 is 0 Å². The molecule has 2 heterocycles. The number of hydrogen-bond donors (Lipinski definition) is 0. The maximum atomic E-state index is 12.3. The minimum Gasteiger partial charge on any atom is -0.486 e. The smallest absolute Gasteiger partial charge is 0.211 e. The summed E-state index contributed by atoms with van der Waals surface area (Å²) in [6.45, 7) is 2.78. The predicted molar refractivity (Wildman–Crippen MR) is 67.6 cm³/mol. The molecule has 0 amide bonds. The molecule has 5 heteroatoms. The first-order valence-electron chi connectivity index (χ1n) is 5.98. The van der Waals surface area contributed by atoms with Gasteiger partial charge >= 0.3 is 0 Å². The van der Waals surface area contributed by atoms with Gasteiger partial charge in [0.15, 0.2) is 11.5 Å². The highest BCUT2D eigenvalue weighted by Crippen LogP contribution is 2.31. The van der Waals surface area contributed by atoms with Gasteiger partial charge in [-0.05, 0) is 31.2 Å². The van der Waals surface area contributed by atoms with Crippen LogP contribution in [0.5, 0.6) is 11.5 Å². The molecule has 0 saturated heterocycles. The van der Waals surface area contributed by atoms with E-state index in [1.807, 2.05) is 0 Å². The fourth-order valence-corrected chi connectivity index (χ4v) is 1.92. The van der Waals surface area contributed by atoms with Crippen LogP contribution in [0.15, 0.2) is 30.5 Å². The van der Waals surface area contributed by atoms with E-state index in [2.05, 4.69) is 9.97 Å². The van der Waals surface area contributed by atoms with Crippen LogP contribution in [0.2, 0.25) is 0 Å². The van der Waals surface area contributed by atoms with Gasteiger partial charge in [-0.15, -0.1) is 0 Å². The van der Waals surface area contributed by atoms with Gasteiger partial charge in [0, 0.05) is 11.8 Å². The van der Waals surface area contributed by atoms with Gasteiger partial charge in [0.05, 0.1) is 0 Å². The molecule has 0 radical (unpaired) electrons. The Kier molecular flexibility index (Phi) is 2.87. The summed E-state index contributed by atoms with van der Waals surface area (Å²) in [6, 6.07) is 6.75. The Labute approximate surface area is 110 Å². The summed E-state index contributed by atoms with van der Waals surface area (Å²) in [7, 11) is 0. The third-order valence-corrected chi connectivity index (χ3v) is 2.81. The summed E-state index contributed by atoms with van der Waals surface area (Å²) >= 11 is 0. The normalized spacial score (nSPS) is 13.1. The summed E-state index contributed by atoms with van der Waals surface area (Å²) < 4.78 is 10.9. The van der Waals surface area contributed by atoms with Crippen molar-refractivity contribution in [2.75, 3.05) is 13.2 Å². The average Bonchev–Trinajstić information content (AvgIpc) is 2.46. The van der Waals surface area contributed by atoms with Crippen molar-refractivity contribution in [3.05, 3.63) is 47.5 Å². The second-order valence-electron chi connectivity index (χ2n) is 4.18. The number of carbonyl (C=O) groups excluding carboxylic acids is 1. The average molecular weight is 256 g/mol. The minimum absolute atomic E-state index is 0.150. The highest BCUT2D eigenvalue weighted by molar-refractivity contribution is 6.08. The zero-order valence-corrected chi connectivity index (χ0v) is 10.4. The lowest BCUT2D eigenvalue weighted by molar-refractivity contribution is 0.103. The van der Waals surface area contributed by atoms with Crippen molar-refractivity contribution < 1.29 is 14.3 Å². The summed E-state index contributed by atoms with van der Waals surface area (Å²) in [5.41, 5.74) is 0.909. The first kappa shape index (κ1) is 11.6. The summed E-state index contributed by atoms with van der Waals surface area (Å²) in [5, 5.41) is 0. The van der Waals surface area contributed by atoms with E-state index in [0.29, 0.717) is 41.8 Å². The number of hydrogen-bond acceptors (Lipinski definition) is 5. The van der Waals surface area contributed by atoms with Gasteiger partial charge < -0.3 is 9.47 Å². The molecule has 96 valence electrons. The number of aryl methyl sites for hydroxylation is 1. The molecule has 5 nitrogen and oxygen atoms in total. The van der Waals surface area contributed by atoms with Crippen molar-refractivity contribution in [1.29, 1.82) is 0 Å². The number of nitrogens with zero attached hydrogens (tertiary/aromatic N) is 2. The molecule has 3 rings (SSSR count). The number of benzene rings is 1. The van der Waals surface area contributed by atoms with Crippen LogP contribution in [0.4, 0.5) is 0 Å². The third kappa shape index (κ3) is 2.27. The fraction of sp³-hybridized carbons (Fsp3) is 0.214. The summed E-state index contributed by atoms with van der Waals surface area (Å²) in [5.74, 6) is 1.69. The summed E-state index contributed by atoms with van der Waals surface area (Å²) in [6.07, 6.45) is 1.58. The van der Waals surface area contributed by atoms with Crippen molar-refractivity contribution in [1.82, 2.24) is 9.97 Å². The minimum atomic E-state index is -0.150. The highest BCUT2D eigenvalue weighted by Gasteiger charge is 2.16.